The van der Waals surface area contributed by atoms with Gasteiger partial charge in [-0.2, -0.15) is 13.2 Å². The summed E-state index contributed by atoms with van der Waals surface area (Å²) in [6.45, 7) is 0. The van der Waals surface area contributed by atoms with Crippen molar-refractivity contribution >= 4 is 28.0 Å². The molecule has 1 atom stereocenters. The Labute approximate surface area is 108 Å². The molecule has 18 heavy (non-hydrogen) atoms. The van der Waals surface area contributed by atoms with Crippen LogP contribution in [-0.4, -0.2) is 23.4 Å². The van der Waals surface area contributed by atoms with Crippen LogP contribution in [0.1, 0.15) is 5.56 Å². The molecule has 0 saturated carbocycles. The molecule has 0 fully saturated rings. The number of carboxylic acids is 1. The Morgan fingerprint density at radius 3 is 2.61 bits per heavy atom. The second kappa shape index (κ2) is 4.31. The largest absolute Gasteiger partial charge is 0.478 e. The number of aliphatic carboxylic acids is 1. The topological polar surface area (TPSA) is 46.5 Å². The van der Waals surface area contributed by atoms with E-state index >= 15 is 0 Å². The molecule has 0 aliphatic carbocycles. The van der Waals surface area contributed by atoms with E-state index in [-0.39, 0.29) is 5.75 Å². The maximum Gasteiger partial charge on any atom is 0.430 e. The Hall–Kier alpha value is -1.50. The number of halogens is 4. The van der Waals surface area contributed by atoms with Gasteiger partial charge in [-0.1, -0.05) is 12.1 Å². The molecule has 1 aliphatic heterocycles. The number of carbonyl (C=O) groups is 1. The van der Waals surface area contributed by atoms with Crippen molar-refractivity contribution in [2.75, 3.05) is 0 Å². The van der Waals surface area contributed by atoms with Crippen molar-refractivity contribution in [1.82, 2.24) is 0 Å². The fraction of sp³-hybridized carbons (Fsp3) is 0.182. The van der Waals surface area contributed by atoms with Crippen LogP contribution in [-0.2, 0) is 4.79 Å². The van der Waals surface area contributed by atoms with Gasteiger partial charge in [-0.3, -0.25) is 0 Å². The monoisotopic (exact) mass is 322 g/mol. The van der Waals surface area contributed by atoms with Gasteiger partial charge >= 0.3 is 12.1 Å². The van der Waals surface area contributed by atoms with Gasteiger partial charge in [0.25, 0.3) is 0 Å². The molecule has 2 rings (SSSR count). The summed E-state index contributed by atoms with van der Waals surface area (Å²) >= 11 is 3.06. The van der Waals surface area contributed by atoms with Gasteiger partial charge in [0, 0.05) is 5.56 Å². The van der Waals surface area contributed by atoms with Crippen molar-refractivity contribution in [3.8, 4) is 5.75 Å². The molecule has 3 nitrogen and oxygen atoms in total. The second-order valence-electron chi connectivity index (χ2n) is 3.60. The van der Waals surface area contributed by atoms with E-state index in [2.05, 4.69) is 15.9 Å². The molecule has 0 radical (unpaired) electrons. The van der Waals surface area contributed by atoms with Crippen molar-refractivity contribution in [2.24, 2.45) is 0 Å². The minimum Gasteiger partial charge on any atom is -0.478 e. The van der Waals surface area contributed by atoms with E-state index in [0.717, 1.165) is 6.08 Å². The van der Waals surface area contributed by atoms with Gasteiger partial charge in [0.05, 0.1) is 10.0 Å². The number of para-hydroxylation sites is 1. The number of benzene rings is 1. The summed E-state index contributed by atoms with van der Waals surface area (Å²) in [5, 5.41) is 8.81. The molecule has 96 valence electrons. The summed E-state index contributed by atoms with van der Waals surface area (Å²) in [6.07, 6.45) is -6.26. The number of hydrogen-bond acceptors (Lipinski definition) is 2. The molecule has 7 heteroatoms. The van der Waals surface area contributed by atoms with Crippen molar-refractivity contribution in [3.05, 3.63) is 33.8 Å². The normalized spacial score (nSPS) is 18.7. The molecule has 0 saturated heterocycles. The molecule has 1 aromatic carbocycles. The average Bonchev–Trinajstić information content (AvgIpc) is 2.26. The van der Waals surface area contributed by atoms with Gasteiger partial charge in [-0.15, -0.1) is 0 Å². The highest BCUT2D eigenvalue weighted by Crippen LogP contribution is 2.40. The number of rotatable bonds is 1. The predicted octanol–water partition coefficient (Wildman–Crippen LogP) is 3.24. The standard InChI is InChI=1S/C11H6BrF3O3/c12-7-3-1-2-5-4-6(10(16)17)9(11(13,14)15)18-8(5)7/h1-4,9H,(H,16,17)/t9-/m0/s1. The molecule has 0 unspecified atom stereocenters. The van der Waals surface area contributed by atoms with Gasteiger partial charge in [-0.25, -0.2) is 4.79 Å². The van der Waals surface area contributed by atoms with E-state index in [1.165, 1.54) is 12.1 Å². The molecule has 1 heterocycles. The van der Waals surface area contributed by atoms with Crippen LogP contribution >= 0.6 is 15.9 Å². The third-order valence-electron chi connectivity index (χ3n) is 2.37. The average molecular weight is 323 g/mol. The highest BCUT2D eigenvalue weighted by atomic mass is 79.9. The van der Waals surface area contributed by atoms with Crippen molar-refractivity contribution in [2.45, 2.75) is 12.3 Å². The van der Waals surface area contributed by atoms with Gasteiger partial charge in [0.1, 0.15) is 5.75 Å². The van der Waals surface area contributed by atoms with E-state index in [4.69, 9.17) is 9.84 Å². The Balaban J connectivity index is 2.57. The molecule has 1 aliphatic rings. The number of fused-ring (bicyclic) bond motifs is 1. The summed E-state index contributed by atoms with van der Waals surface area (Å²) in [6, 6.07) is 4.58. The van der Waals surface area contributed by atoms with E-state index in [1.807, 2.05) is 0 Å². The van der Waals surface area contributed by atoms with Crippen LogP contribution in [0.3, 0.4) is 0 Å². The first-order valence-electron chi connectivity index (χ1n) is 4.77. The summed E-state index contributed by atoms with van der Waals surface area (Å²) in [7, 11) is 0. The van der Waals surface area contributed by atoms with Crippen LogP contribution < -0.4 is 4.74 Å². The summed E-state index contributed by atoms with van der Waals surface area (Å²) in [4.78, 5) is 10.8. The molecule has 0 spiro atoms. The Kier molecular flexibility index (Phi) is 3.10. The van der Waals surface area contributed by atoms with E-state index in [9.17, 15) is 18.0 Å². The smallest absolute Gasteiger partial charge is 0.430 e. The maximum absolute atomic E-state index is 12.7. The fourth-order valence-corrected chi connectivity index (χ4v) is 2.08. The zero-order valence-electron chi connectivity index (χ0n) is 8.66. The summed E-state index contributed by atoms with van der Waals surface area (Å²) in [5.74, 6) is -1.66. The maximum atomic E-state index is 12.7. The Bertz CT molecular complexity index is 537. The lowest BCUT2D eigenvalue weighted by molar-refractivity contribution is -0.187. The molecule has 1 aromatic rings. The van der Waals surface area contributed by atoms with Crippen LogP contribution in [0.2, 0.25) is 0 Å². The molecule has 0 bridgehead atoms. The SMILES string of the molecule is O=C(O)C1=Cc2cccc(Br)c2O[C@@H]1C(F)(F)F. The quantitative estimate of drug-likeness (QED) is 0.863. The van der Waals surface area contributed by atoms with Crippen molar-refractivity contribution in [3.63, 3.8) is 0 Å². The van der Waals surface area contributed by atoms with Gasteiger partial charge < -0.3 is 9.84 Å². The number of ether oxygens (including phenoxy) is 1. The third-order valence-corrected chi connectivity index (χ3v) is 3.00. The van der Waals surface area contributed by atoms with E-state index in [0.29, 0.717) is 10.0 Å². The molecular formula is C11H6BrF3O3. The first-order valence-corrected chi connectivity index (χ1v) is 5.57. The predicted molar refractivity (Wildman–Crippen MR) is 60.2 cm³/mol. The Morgan fingerprint density at radius 2 is 2.06 bits per heavy atom. The van der Waals surface area contributed by atoms with Crippen molar-refractivity contribution < 1.29 is 27.8 Å². The van der Waals surface area contributed by atoms with Crippen LogP contribution in [0.5, 0.6) is 5.75 Å². The molecular weight excluding hydrogens is 317 g/mol. The first kappa shape index (κ1) is 12.9. The first-order chi connectivity index (χ1) is 8.30. The highest BCUT2D eigenvalue weighted by Gasteiger charge is 2.48. The van der Waals surface area contributed by atoms with Crippen LogP contribution in [0, 0.1) is 0 Å². The number of alkyl halides is 3. The lowest BCUT2D eigenvalue weighted by Gasteiger charge is -2.27. The number of hydrogen-bond donors (Lipinski definition) is 1. The highest BCUT2D eigenvalue weighted by molar-refractivity contribution is 9.10. The van der Waals surface area contributed by atoms with Crippen molar-refractivity contribution in [1.29, 1.82) is 0 Å². The zero-order chi connectivity index (χ0) is 13.5. The van der Waals surface area contributed by atoms with Crippen LogP contribution in [0.4, 0.5) is 13.2 Å². The summed E-state index contributed by atoms with van der Waals surface area (Å²) < 4.78 is 43.3. The van der Waals surface area contributed by atoms with E-state index < -0.39 is 23.8 Å². The van der Waals surface area contributed by atoms with Crippen LogP contribution in [0.15, 0.2) is 28.2 Å². The Morgan fingerprint density at radius 1 is 1.39 bits per heavy atom. The minimum absolute atomic E-state index is 0.00942. The van der Waals surface area contributed by atoms with Gasteiger partial charge in [0.2, 0.25) is 6.10 Å². The van der Waals surface area contributed by atoms with Crippen LogP contribution in [0.25, 0.3) is 6.08 Å². The lowest BCUT2D eigenvalue weighted by atomic mass is 10.0. The summed E-state index contributed by atoms with van der Waals surface area (Å²) in [5.41, 5.74) is -0.532. The zero-order valence-corrected chi connectivity index (χ0v) is 10.2. The van der Waals surface area contributed by atoms with E-state index in [1.54, 1.807) is 6.07 Å². The number of carboxylic acid groups (broad SMARTS) is 1. The second-order valence-corrected chi connectivity index (χ2v) is 4.46. The molecule has 0 amide bonds. The van der Waals surface area contributed by atoms with Gasteiger partial charge in [0.15, 0.2) is 0 Å². The van der Waals surface area contributed by atoms with Gasteiger partial charge in [-0.05, 0) is 28.1 Å². The molecule has 1 N–H and O–H groups in total. The third kappa shape index (κ3) is 2.22. The fourth-order valence-electron chi connectivity index (χ4n) is 1.61. The molecule has 0 aromatic heterocycles. The minimum atomic E-state index is -4.78. The lowest BCUT2D eigenvalue weighted by Crippen LogP contribution is -2.40.